The molecule has 0 atom stereocenters. The Labute approximate surface area is 93.6 Å². The molecular formula is C12H13N3O. The van der Waals surface area contributed by atoms with E-state index >= 15 is 0 Å². The molecule has 0 amide bonds. The summed E-state index contributed by atoms with van der Waals surface area (Å²) >= 11 is 0. The number of fused-ring (bicyclic) bond motifs is 3. The minimum Gasteiger partial charge on any atom is -0.486 e. The van der Waals surface area contributed by atoms with Gasteiger partial charge in [0.05, 0.1) is 5.69 Å². The molecule has 2 N–H and O–H groups in total. The summed E-state index contributed by atoms with van der Waals surface area (Å²) in [6.07, 6.45) is 2.03. The summed E-state index contributed by atoms with van der Waals surface area (Å²) in [4.78, 5) is 0. The zero-order valence-corrected chi connectivity index (χ0v) is 9.10. The molecule has 0 bridgehead atoms. The highest BCUT2D eigenvalue weighted by molar-refractivity contribution is 5.78. The summed E-state index contributed by atoms with van der Waals surface area (Å²) in [7, 11) is 0. The van der Waals surface area contributed by atoms with Crippen molar-refractivity contribution in [2.75, 3.05) is 5.73 Å². The van der Waals surface area contributed by atoms with Crippen molar-refractivity contribution < 1.29 is 4.74 Å². The molecule has 0 radical (unpaired) electrons. The van der Waals surface area contributed by atoms with Crippen LogP contribution in [0.3, 0.4) is 0 Å². The van der Waals surface area contributed by atoms with Crippen LogP contribution in [0.2, 0.25) is 0 Å². The Morgan fingerprint density at radius 3 is 3.19 bits per heavy atom. The number of para-hydroxylation sites is 1. The fraction of sp³-hybridized carbons (Fsp3) is 0.250. The highest BCUT2D eigenvalue weighted by atomic mass is 16.5. The lowest BCUT2D eigenvalue weighted by Crippen LogP contribution is -2.06. The van der Waals surface area contributed by atoms with E-state index in [-0.39, 0.29) is 0 Å². The number of hydrogen-bond acceptors (Lipinski definition) is 3. The van der Waals surface area contributed by atoms with Crippen LogP contribution in [0.4, 0.5) is 5.69 Å². The Morgan fingerprint density at radius 1 is 1.50 bits per heavy atom. The number of anilines is 1. The maximum atomic E-state index is 5.88. The molecule has 0 saturated carbocycles. The summed E-state index contributed by atoms with van der Waals surface area (Å²) in [6.45, 7) is 3.49. The summed E-state index contributed by atoms with van der Waals surface area (Å²) in [5.41, 5.74) is 9.67. The van der Waals surface area contributed by atoms with Gasteiger partial charge >= 0.3 is 0 Å². The van der Waals surface area contributed by atoms with Crippen molar-refractivity contribution >= 4 is 5.69 Å². The molecule has 16 heavy (non-hydrogen) atoms. The van der Waals surface area contributed by atoms with Crippen LogP contribution < -0.4 is 10.5 Å². The number of nitrogens with zero attached hydrogens (tertiary/aromatic N) is 2. The van der Waals surface area contributed by atoms with Gasteiger partial charge in [-0.05, 0) is 19.1 Å². The Balaban J connectivity index is 2.22. The van der Waals surface area contributed by atoms with E-state index in [1.807, 2.05) is 29.1 Å². The number of ether oxygens (including phenoxy) is 1. The number of hydrogen-bond donors (Lipinski definition) is 1. The highest BCUT2D eigenvalue weighted by Gasteiger charge is 2.22. The second-order valence-electron chi connectivity index (χ2n) is 3.87. The van der Waals surface area contributed by atoms with Crippen LogP contribution in [0.1, 0.15) is 12.5 Å². The molecule has 1 aliphatic heterocycles. The first-order valence-corrected chi connectivity index (χ1v) is 5.37. The molecule has 2 heterocycles. The Morgan fingerprint density at radius 2 is 2.38 bits per heavy atom. The Kier molecular flexibility index (Phi) is 1.89. The van der Waals surface area contributed by atoms with Gasteiger partial charge in [-0.1, -0.05) is 6.07 Å². The van der Waals surface area contributed by atoms with Crippen LogP contribution in [0.15, 0.2) is 24.4 Å². The Hall–Kier alpha value is -1.97. The molecular weight excluding hydrogens is 202 g/mol. The summed E-state index contributed by atoms with van der Waals surface area (Å²) in [5, 5.41) is 4.53. The zero-order chi connectivity index (χ0) is 11.1. The van der Waals surface area contributed by atoms with Gasteiger partial charge in [0.1, 0.15) is 12.3 Å². The van der Waals surface area contributed by atoms with Crippen LogP contribution >= 0.6 is 0 Å². The van der Waals surface area contributed by atoms with E-state index in [2.05, 4.69) is 12.0 Å². The van der Waals surface area contributed by atoms with Crippen molar-refractivity contribution in [3.05, 3.63) is 30.0 Å². The lowest BCUT2D eigenvalue weighted by molar-refractivity contribution is 0.304. The van der Waals surface area contributed by atoms with E-state index in [1.54, 1.807) is 0 Å². The van der Waals surface area contributed by atoms with Gasteiger partial charge in [-0.15, -0.1) is 0 Å². The molecule has 1 aromatic heterocycles. The quantitative estimate of drug-likeness (QED) is 0.741. The first-order valence-electron chi connectivity index (χ1n) is 5.37. The van der Waals surface area contributed by atoms with Gasteiger partial charge in [0.15, 0.2) is 5.75 Å². The number of aromatic nitrogens is 2. The van der Waals surface area contributed by atoms with Crippen LogP contribution in [0.5, 0.6) is 5.75 Å². The normalized spacial score (nSPS) is 12.8. The lowest BCUT2D eigenvalue weighted by Gasteiger charge is -2.17. The fourth-order valence-corrected chi connectivity index (χ4v) is 2.01. The number of benzene rings is 1. The predicted molar refractivity (Wildman–Crippen MR) is 62.1 cm³/mol. The van der Waals surface area contributed by atoms with Gasteiger partial charge in [-0.25, -0.2) is 0 Å². The second kappa shape index (κ2) is 3.27. The van der Waals surface area contributed by atoms with Gasteiger partial charge in [-0.2, -0.15) is 5.10 Å². The third kappa shape index (κ3) is 1.19. The van der Waals surface area contributed by atoms with Crippen molar-refractivity contribution in [2.24, 2.45) is 0 Å². The van der Waals surface area contributed by atoms with Gasteiger partial charge in [-0.3, -0.25) is 4.68 Å². The molecule has 4 nitrogen and oxygen atoms in total. The van der Waals surface area contributed by atoms with Crippen molar-refractivity contribution in [3.63, 3.8) is 0 Å². The molecule has 0 fully saturated rings. The van der Waals surface area contributed by atoms with Gasteiger partial charge in [0.2, 0.25) is 0 Å². The SMILES string of the molecule is CCn1cc2c(n1)-c1cccc(N)c1OC2. The molecule has 0 unspecified atom stereocenters. The largest absolute Gasteiger partial charge is 0.486 e. The van der Waals surface area contributed by atoms with E-state index in [9.17, 15) is 0 Å². The maximum Gasteiger partial charge on any atom is 0.152 e. The molecule has 3 rings (SSSR count). The first-order chi connectivity index (χ1) is 7.79. The smallest absolute Gasteiger partial charge is 0.152 e. The van der Waals surface area contributed by atoms with E-state index in [0.29, 0.717) is 12.3 Å². The third-order valence-corrected chi connectivity index (χ3v) is 2.83. The van der Waals surface area contributed by atoms with Crippen LogP contribution in [-0.4, -0.2) is 9.78 Å². The molecule has 82 valence electrons. The molecule has 1 aliphatic rings. The van der Waals surface area contributed by atoms with Crippen molar-refractivity contribution in [3.8, 4) is 17.0 Å². The van der Waals surface area contributed by atoms with Crippen LogP contribution in [0, 0.1) is 0 Å². The molecule has 1 aromatic carbocycles. The van der Waals surface area contributed by atoms with Gasteiger partial charge in [0, 0.05) is 23.9 Å². The van der Waals surface area contributed by atoms with Crippen LogP contribution in [0.25, 0.3) is 11.3 Å². The molecule has 4 heteroatoms. The molecule has 0 saturated heterocycles. The number of nitrogens with two attached hydrogens (primary N) is 1. The summed E-state index contributed by atoms with van der Waals surface area (Å²) in [5.74, 6) is 0.761. The standard InChI is InChI=1S/C12H13N3O/c1-2-15-6-8-7-16-12-9(11(8)14-15)4-3-5-10(12)13/h3-6H,2,7,13H2,1H3. The van der Waals surface area contributed by atoms with E-state index in [4.69, 9.17) is 10.5 Å². The number of rotatable bonds is 1. The topological polar surface area (TPSA) is 53.1 Å². The Bertz CT molecular complexity index is 545. The monoisotopic (exact) mass is 215 g/mol. The molecule has 0 aliphatic carbocycles. The number of nitrogen functional groups attached to an aromatic ring is 1. The zero-order valence-electron chi connectivity index (χ0n) is 9.10. The van der Waals surface area contributed by atoms with E-state index < -0.39 is 0 Å². The molecule has 2 aromatic rings. The first kappa shape index (κ1) is 9.27. The van der Waals surface area contributed by atoms with E-state index in [1.165, 1.54) is 0 Å². The molecule has 0 spiro atoms. The minimum atomic E-state index is 0.552. The minimum absolute atomic E-state index is 0.552. The lowest BCUT2D eigenvalue weighted by atomic mass is 10.0. The predicted octanol–water partition coefficient (Wildman–Crippen LogP) is 2.04. The van der Waals surface area contributed by atoms with Crippen molar-refractivity contribution in [1.29, 1.82) is 0 Å². The summed E-state index contributed by atoms with van der Waals surface area (Å²) < 4.78 is 7.58. The number of aryl methyl sites for hydroxylation is 1. The van der Waals surface area contributed by atoms with Crippen molar-refractivity contribution in [1.82, 2.24) is 9.78 Å². The van der Waals surface area contributed by atoms with Crippen molar-refractivity contribution in [2.45, 2.75) is 20.1 Å². The maximum absolute atomic E-state index is 5.88. The fourth-order valence-electron chi connectivity index (χ4n) is 2.01. The highest BCUT2D eigenvalue weighted by Crippen LogP contribution is 2.39. The van der Waals surface area contributed by atoms with Gasteiger partial charge < -0.3 is 10.5 Å². The van der Waals surface area contributed by atoms with Gasteiger partial charge in [0.25, 0.3) is 0 Å². The van der Waals surface area contributed by atoms with E-state index in [0.717, 1.165) is 29.1 Å². The average molecular weight is 215 g/mol. The summed E-state index contributed by atoms with van der Waals surface area (Å²) in [6, 6.07) is 5.77. The van der Waals surface area contributed by atoms with Crippen LogP contribution in [-0.2, 0) is 13.2 Å². The average Bonchev–Trinajstić information content (AvgIpc) is 2.72. The second-order valence-corrected chi connectivity index (χ2v) is 3.87. The third-order valence-electron chi connectivity index (χ3n) is 2.83.